The van der Waals surface area contributed by atoms with Crippen LogP contribution in [0.1, 0.15) is 25.0 Å². The molecule has 0 radical (unpaired) electrons. The van der Waals surface area contributed by atoms with Gasteiger partial charge in [0.15, 0.2) is 0 Å². The van der Waals surface area contributed by atoms with Crippen LogP contribution in [0.2, 0.25) is 10.0 Å². The van der Waals surface area contributed by atoms with Crippen molar-refractivity contribution in [3.8, 4) is 0 Å². The highest BCUT2D eigenvalue weighted by molar-refractivity contribution is 7.92. The Morgan fingerprint density at radius 2 is 1.34 bits per heavy atom. The lowest BCUT2D eigenvalue weighted by Gasteiger charge is -2.34. The van der Waals surface area contributed by atoms with E-state index >= 15 is 0 Å². The third-order valence-corrected chi connectivity index (χ3v) is 9.54. The predicted molar refractivity (Wildman–Crippen MR) is 176 cm³/mol. The number of nitrogens with zero attached hydrogens (tertiary/aromatic N) is 2. The summed E-state index contributed by atoms with van der Waals surface area (Å²) in [6.07, 6.45) is 0.229. The summed E-state index contributed by atoms with van der Waals surface area (Å²) in [5.41, 5.74) is 1.70. The molecule has 0 saturated carbocycles. The summed E-state index contributed by atoms with van der Waals surface area (Å²) >= 11 is 12.8. The first-order valence-electron chi connectivity index (χ1n) is 14.2. The molecule has 0 bridgehead atoms. The number of rotatable bonds is 13. The normalized spacial score (nSPS) is 12.0. The average Bonchev–Trinajstić information content (AvgIpc) is 3.03. The van der Waals surface area contributed by atoms with Crippen molar-refractivity contribution in [3.05, 3.63) is 130 Å². The van der Waals surface area contributed by atoms with Crippen molar-refractivity contribution in [1.29, 1.82) is 0 Å². The molecule has 4 aromatic carbocycles. The summed E-state index contributed by atoms with van der Waals surface area (Å²) in [5.74, 6) is -0.721. The fourth-order valence-electron chi connectivity index (χ4n) is 4.67. The molecule has 0 aliphatic carbocycles. The molecule has 2 amide bonds. The minimum Gasteiger partial charge on any atom is -0.354 e. The van der Waals surface area contributed by atoms with Gasteiger partial charge in [0.05, 0.1) is 20.6 Å². The molecule has 0 saturated heterocycles. The highest BCUT2D eigenvalue weighted by atomic mass is 35.5. The number of carbonyl (C=O) groups is 2. The van der Waals surface area contributed by atoms with E-state index in [0.29, 0.717) is 6.54 Å². The molecule has 0 heterocycles. The highest BCUT2D eigenvalue weighted by Crippen LogP contribution is 2.35. The van der Waals surface area contributed by atoms with Crippen LogP contribution in [-0.4, -0.2) is 44.3 Å². The Balaban J connectivity index is 1.81. The van der Waals surface area contributed by atoms with E-state index in [0.717, 1.165) is 15.4 Å². The van der Waals surface area contributed by atoms with E-state index in [-0.39, 0.29) is 45.4 Å². The van der Waals surface area contributed by atoms with Crippen molar-refractivity contribution in [3.63, 3.8) is 0 Å². The standard InChI is InChI=1S/C34H35Cl2N3O4S/c1-25(2)22-37-34(41)31(21-26-13-6-3-7-14-26)38(23-27-15-8-4-9-16-27)32(40)24-39(30-20-12-19-29(35)33(30)36)44(42,43)28-17-10-5-11-18-28/h3-20,25,31H,21-24H2,1-2H3,(H,37,41)/t31-/m1/s1. The van der Waals surface area contributed by atoms with Crippen molar-refractivity contribution < 1.29 is 18.0 Å². The number of sulfonamides is 1. The van der Waals surface area contributed by atoms with Gasteiger partial charge in [0, 0.05) is 19.5 Å². The van der Waals surface area contributed by atoms with Gasteiger partial charge in [-0.3, -0.25) is 13.9 Å². The van der Waals surface area contributed by atoms with Gasteiger partial charge in [-0.05, 0) is 41.3 Å². The molecule has 0 spiro atoms. The second-order valence-electron chi connectivity index (χ2n) is 10.7. The summed E-state index contributed by atoms with van der Waals surface area (Å²) in [7, 11) is -4.28. The number of anilines is 1. The first-order chi connectivity index (χ1) is 21.1. The van der Waals surface area contributed by atoms with E-state index in [9.17, 15) is 18.0 Å². The highest BCUT2D eigenvalue weighted by Gasteiger charge is 2.35. The maximum atomic E-state index is 14.4. The van der Waals surface area contributed by atoms with Gasteiger partial charge in [0.25, 0.3) is 10.0 Å². The molecule has 0 aliphatic rings. The Labute approximate surface area is 269 Å². The zero-order chi connectivity index (χ0) is 31.7. The first-order valence-corrected chi connectivity index (χ1v) is 16.4. The first kappa shape index (κ1) is 33.1. The average molecular weight is 653 g/mol. The van der Waals surface area contributed by atoms with Crippen LogP contribution in [0.3, 0.4) is 0 Å². The minimum absolute atomic E-state index is 0.00778. The Morgan fingerprint density at radius 1 is 0.773 bits per heavy atom. The molecule has 1 atom stereocenters. The molecule has 4 rings (SSSR count). The molecule has 230 valence electrons. The monoisotopic (exact) mass is 651 g/mol. The van der Waals surface area contributed by atoms with Gasteiger partial charge in [-0.2, -0.15) is 0 Å². The van der Waals surface area contributed by atoms with E-state index in [4.69, 9.17) is 23.2 Å². The zero-order valence-electron chi connectivity index (χ0n) is 24.6. The summed E-state index contributed by atoms with van der Waals surface area (Å²) in [5, 5.41) is 3.11. The van der Waals surface area contributed by atoms with Gasteiger partial charge < -0.3 is 10.2 Å². The maximum absolute atomic E-state index is 14.4. The van der Waals surface area contributed by atoms with E-state index in [1.807, 2.05) is 74.5 Å². The molecule has 0 aromatic heterocycles. The summed E-state index contributed by atoms with van der Waals surface area (Å²) in [4.78, 5) is 29.7. The molecule has 7 nitrogen and oxygen atoms in total. The molecule has 0 unspecified atom stereocenters. The number of nitrogens with one attached hydrogen (secondary N) is 1. The van der Waals surface area contributed by atoms with Gasteiger partial charge in [-0.15, -0.1) is 0 Å². The van der Waals surface area contributed by atoms with Crippen LogP contribution in [-0.2, 0) is 32.6 Å². The third kappa shape index (κ3) is 8.40. The zero-order valence-corrected chi connectivity index (χ0v) is 26.9. The fraction of sp³-hybridized carbons (Fsp3) is 0.235. The van der Waals surface area contributed by atoms with E-state index in [1.54, 1.807) is 30.3 Å². The van der Waals surface area contributed by atoms with Gasteiger partial charge in [-0.1, -0.05) is 122 Å². The topological polar surface area (TPSA) is 86.8 Å². The summed E-state index contributed by atoms with van der Waals surface area (Å²) in [6.45, 7) is 3.85. The largest absolute Gasteiger partial charge is 0.354 e. The van der Waals surface area contributed by atoms with Gasteiger partial charge in [-0.25, -0.2) is 8.42 Å². The smallest absolute Gasteiger partial charge is 0.264 e. The quantitative estimate of drug-likeness (QED) is 0.176. The van der Waals surface area contributed by atoms with Crippen molar-refractivity contribution >= 4 is 50.7 Å². The van der Waals surface area contributed by atoms with Gasteiger partial charge in [0.1, 0.15) is 12.6 Å². The molecule has 0 fully saturated rings. The number of halogens is 2. The molecule has 4 aromatic rings. The Kier molecular flexibility index (Phi) is 11.4. The van der Waals surface area contributed by atoms with Crippen LogP contribution >= 0.6 is 23.2 Å². The number of hydrogen-bond acceptors (Lipinski definition) is 4. The number of amides is 2. The van der Waals surface area contributed by atoms with Crippen LogP contribution in [0, 0.1) is 5.92 Å². The lowest BCUT2D eigenvalue weighted by Crippen LogP contribution is -2.53. The van der Waals surface area contributed by atoms with Gasteiger partial charge >= 0.3 is 0 Å². The van der Waals surface area contributed by atoms with Crippen LogP contribution in [0.5, 0.6) is 0 Å². The third-order valence-electron chi connectivity index (χ3n) is 6.96. The maximum Gasteiger partial charge on any atom is 0.264 e. The number of hydrogen-bond donors (Lipinski definition) is 1. The second kappa shape index (κ2) is 15.2. The lowest BCUT2D eigenvalue weighted by molar-refractivity contribution is -0.140. The van der Waals surface area contributed by atoms with Crippen molar-refractivity contribution in [2.75, 3.05) is 17.4 Å². The van der Waals surface area contributed by atoms with Crippen LogP contribution in [0.4, 0.5) is 5.69 Å². The molecule has 44 heavy (non-hydrogen) atoms. The second-order valence-corrected chi connectivity index (χ2v) is 13.4. The summed E-state index contributed by atoms with van der Waals surface area (Å²) < 4.78 is 29.1. The van der Waals surface area contributed by atoms with Crippen LogP contribution in [0.15, 0.2) is 114 Å². The van der Waals surface area contributed by atoms with Crippen LogP contribution in [0.25, 0.3) is 0 Å². The van der Waals surface area contributed by atoms with E-state index in [2.05, 4.69) is 5.32 Å². The fourth-order valence-corrected chi connectivity index (χ4v) is 6.57. The van der Waals surface area contributed by atoms with Crippen molar-refractivity contribution in [2.45, 2.75) is 37.8 Å². The molecule has 10 heteroatoms. The van der Waals surface area contributed by atoms with Crippen LogP contribution < -0.4 is 9.62 Å². The minimum atomic E-state index is -4.28. The number of carbonyl (C=O) groups excluding carboxylic acids is 2. The number of benzene rings is 4. The Bertz CT molecular complexity index is 1650. The predicted octanol–water partition coefficient (Wildman–Crippen LogP) is 6.60. The van der Waals surface area contributed by atoms with Gasteiger partial charge in [0.2, 0.25) is 11.8 Å². The Morgan fingerprint density at radius 3 is 1.93 bits per heavy atom. The molecule has 1 N–H and O–H groups in total. The van der Waals surface area contributed by atoms with E-state index in [1.165, 1.54) is 23.1 Å². The summed E-state index contributed by atoms with van der Waals surface area (Å²) in [6, 6.07) is 30.2. The van der Waals surface area contributed by atoms with Crippen molar-refractivity contribution in [1.82, 2.24) is 10.2 Å². The van der Waals surface area contributed by atoms with E-state index < -0.39 is 28.5 Å². The Hall–Kier alpha value is -3.85. The molecular weight excluding hydrogens is 617 g/mol. The molecule has 0 aliphatic heterocycles. The lowest BCUT2D eigenvalue weighted by atomic mass is 10.0. The molecular formula is C34H35Cl2N3O4S. The van der Waals surface area contributed by atoms with Crippen molar-refractivity contribution in [2.24, 2.45) is 5.92 Å². The SMILES string of the molecule is CC(C)CNC(=O)[C@@H](Cc1ccccc1)N(Cc1ccccc1)C(=O)CN(c1cccc(Cl)c1Cl)S(=O)(=O)c1ccccc1.